The summed E-state index contributed by atoms with van der Waals surface area (Å²) in [5.41, 5.74) is 0.367. The first-order chi connectivity index (χ1) is 6.87. The van der Waals surface area contributed by atoms with E-state index in [1.807, 2.05) is 0 Å². The van der Waals surface area contributed by atoms with Crippen LogP contribution in [0.2, 0.25) is 0 Å². The molecule has 1 N–H and O–H groups in total. The van der Waals surface area contributed by atoms with Gasteiger partial charge in [0.15, 0.2) is 0 Å². The van der Waals surface area contributed by atoms with Gasteiger partial charge in [-0.15, -0.1) is 0 Å². The zero-order chi connectivity index (χ0) is 9.86. The van der Waals surface area contributed by atoms with Gasteiger partial charge in [-0.1, -0.05) is 6.92 Å². The lowest BCUT2D eigenvalue weighted by Crippen LogP contribution is -2.50. The molecule has 14 heavy (non-hydrogen) atoms. The molecule has 0 aliphatic carbocycles. The Bertz CT molecular complexity index is 170. The average Bonchev–Trinajstić information content (AvgIpc) is 2.54. The van der Waals surface area contributed by atoms with Gasteiger partial charge in [-0.05, 0) is 25.8 Å². The van der Waals surface area contributed by atoms with Gasteiger partial charge >= 0.3 is 0 Å². The van der Waals surface area contributed by atoms with Crippen LogP contribution < -0.4 is 5.32 Å². The van der Waals surface area contributed by atoms with Crippen molar-refractivity contribution in [2.75, 3.05) is 39.4 Å². The third-order valence-electron chi connectivity index (χ3n) is 3.75. The van der Waals surface area contributed by atoms with Crippen LogP contribution in [0.1, 0.15) is 26.2 Å². The van der Waals surface area contributed by atoms with E-state index in [9.17, 15) is 0 Å². The molecule has 3 nitrogen and oxygen atoms in total. The molecule has 1 unspecified atom stereocenters. The maximum atomic E-state index is 5.58. The molecule has 0 spiro atoms. The van der Waals surface area contributed by atoms with Gasteiger partial charge in [-0.3, -0.25) is 4.90 Å². The van der Waals surface area contributed by atoms with Crippen LogP contribution in [0.25, 0.3) is 0 Å². The molecule has 2 rings (SSSR count). The summed E-state index contributed by atoms with van der Waals surface area (Å²) in [4.78, 5) is 2.65. The molecule has 0 aromatic rings. The number of hydrogen-bond acceptors (Lipinski definition) is 3. The van der Waals surface area contributed by atoms with Crippen molar-refractivity contribution in [2.24, 2.45) is 0 Å². The molecule has 2 heterocycles. The molecular weight excluding hydrogens is 176 g/mol. The predicted octanol–water partition coefficient (Wildman–Crippen LogP) is 0.851. The van der Waals surface area contributed by atoms with Gasteiger partial charge in [0.2, 0.25) is 0 Å². The van der Waals surface area contributed by atoms with Crippen molar-refractivity contribution in [1.82, 2.24) is 10.2 Å². The molecule has 0 aromatic heterocycles. The molecule has 2 aliphatic heterocycles. The van der Waals surface area contributed by atoms with Gasteiger partial charge in [0, 0.05) is 31.8 Å². The summed E-state index contributed by atoms with van der Waals surface area (Å²) in [6.07, 6.45) is 3.73. The molecule has 0 saturated carbocycles. The molecule has 0 bridgehead atoms. The highest BCUT2D eigenvalue weighted by Gasteiger charge is 2.38. The van der Waals surface area contributed by atoms with Crippen LogP contribution in [0.4, 0.5) is 0 Å². The summed E-state index contributed by atoms with van der Waals surface area (Å²) in [6, 6.07) is 0. The van der Waals surface area contributed by atoms with E-state index in [1.165, 1.54) is 38.9 Å². The zero-order valence-corrected chi connectivity index (χ0v) is 9.22. The highest BCUT2D eigenvalue weighted by Crippen LogP contribution is 2.29. The standard InChI is InChI=1S/C11H22N2O/c1-2-11(4-9-14-10-11)13-7-3-5-12-6-8-13/h12H,2-10H2,1H3. The SMILES string of the molecule is CCC1(N2CCCNCC2)CCOC1. The van der Waals surface area contributed by atoms with Gasteiger partial charge < -0.3 is 10.1 Å². The van der Waals surface area contributed by atoms with E-state index >= 15 is 0 Å². The first kappa shape index (κ1) is 10.4. The minimum absolute atomic E-state index is 0.367. The lowest BCUT2D eigenvalue weighted by atomic mass is 9.92. The average molecular weight is 198 g/mol. The Morgan fingerprint density at radius 1 is 1.36 bits per heavy atom. The third kappa shape index (κ3) is 1.95. The number of nitrogens with zero attached hydrogens (tertiary/aromatic N) is 1. The van der Waals surface area contributed by atoms with Gasteiger partial charge in [-0.2, -0.15) is 0 Å². The molecule has 3 heteroatoms. The van der Waals surface area contributed by atoms with Crippen molar-refractivity contribution < 1.29 is 4.74 Å². The molecular formula is C11H22N2O. The quantitative estimate of drug-likeness (QED) is 0.712. The summed E-state index contributed by atoms with van der Waals surface area (Å²) in [5, 5.41) is 3.46. The van der Waals surface area contributed by atoms with E-state index in [0.29, 0.717) is 5.54 Å². The molecule has 2 fully saturated rings. The van der Waals surface area contributed by atoms with E-state index in [-0.39, 0.29) is 0 Å². The van der Waals surface area contributed by atoms with E-state index < -0.39 is 0 Å². The largest absolute Gasteiger partial charge is 0.379 e. The molecule has 2 saturated heterocycles. The first-order valence-corrected chi connectivity index (χ1v) is 5.91. The Kier molecular flexibility index (Phi) is 3.42. The van der Waals surface area contributed by atoms with Crippen LogP contribution in [0.3, 0.4) is 0 Å². The summed E-state index contributed by atoms with van der Waals surface area (Å²) in [7, 11) is 0. The fourth-order valence-electron chi connectivity index (χ4n) is 2.67. The summed E-state index contributed by atoms with van der Waals surface area (Å²) < 4.78 is 5.58. The van der Waals surface area contributed by atoms with Gasteiger partial charge in [-0.25, -0.2) is 0 Å². The number of hydrogen-bond donors (Lipinski definition) is 1. The van der Waals surface area contributed by atoms with Crippen LogP contribution in [-0.2, 0) is 4.74 Å². The Labute approximate surface area is 86.8 Å². The maximum absolute atomic E-state index is 5.58. The second kappa shape index (κ2) is 4.60. The molecule has 0 amide bonds. The summed E-state index contributed by atoms with van der Waals surface area (Å²) >= 11 is 0. The third-order valence-corrected chi connectivity index (χ3v) is 3.75. The summed E-state index contributed by atoms with van der Waals surface area (Å²) in [6.45, 7) is 8.95. The Morgan fingerprint density at radius 2 is 2.29 bits per heavy atom. The van der Waals surface area contributed by atoms with Crippen LogP contribution in [-0.4, -0.2) is 49.8 Å². The van der Waals surface area contributed by atoms with E-state index in [0.717, 1.165) is 19.8 Å². The fourth-order valence-corrected chi connectivity index (χ4v) is 2.67. The molecule has 82 valence electrons. The predicted molar refractivity (Wildman–Crippen MR) is 57.5 cm³/mol. The Hall–Kier alpha value is -0.120. The van der Waals surface area contributed by atoms with Crippen molar-refractivity contribution >= 4 is 0 Å². The zero-order valence-electron chi connectivity index (χ0n) is 9.22. The number of ether oxygens (including phenoxy) is 1. The lowest BCUT2D eigenvalue weighted by molar-refractivity contribution is 0.0679. The normalized spacial score (nSPS) is 35.8. The van der Waals surface area contributed by atoms with E-state index in [2.05, 4.69) is 17.1 Å². The van der Waals surface area contributed by atoms with Crippen LogP contribution >= 0.6 is 0 Å². The Morgan fingerprint density at radius 3 is 3.00 bits per heavy atom. The minimum atomic E-state index is 0.367. The lowest BCUT2D eigenvalue weighted by Gasteiger charge is -2.38. The topological polar surface area (TPSA) is 24.5 Å². The molecule has 2 aliphatic rings. The highest BCUT2D eigenvalue weighted by atomic mass is 16.5. The van der Waals surface area contributed by atoms with Crippen molar-refractivity contribution in [3.05, 3.63) is 0 Å². The smallest absolute Gasteiger partial charge is 0.0651 e. The van der Waals surface area contributed by atoms with Crippen molar-refractivity contribution in [2.45, 2.75) is 31.7 Å². The van der Waals surface area contributed by atoms with Crippen LogP contribution in [0.15, 0.2) is 0 Å². The Balaban J connectivity index is 2.01. The van der Waals surface area contributed by atoms with Crippen molar-refractivity contribution in [1.29, 1.82) is 0 Å². The van der Waals surface area contributed by atoms with Crippen LogP contribution in [0.5, 0.6) is 0 Å². The van der Waals surface area contributed by atoms with Crippen molar-refractivity contribution in [3.63, 3.8) is 0 Å². The maximum Gasteiger partial charge on any atom is 0.0651 e. The van der Waals surface area contributed by atoms with Crippen molar-refractivity contribution in [3.8, 4) is 0 Å². The summed E-state index contributed by atoms with van der Waals surface area (Å²) in [5.74, 6) is 0. The van der Waals surface area contributed by atoms with Gasteiger partial charge in [0.05, 0.1) is 6.61 Å². The second-order valence-corrected chi connectivity index (χ2v) is 4.47. The first-order valence-electron chi connectivity index (χ1n) is 5.91. The van der Waals surface area contributed by atoms with E-state index in [4.69, 9.17) is 4.74 Å². The van der Waals surface area contributed by atoms with Crippen LogP contribution in [0, 0.1) is 0 Å². The monoisotopic (exact) mass is 198 g/mol. The highest BCUT2D eigenvalue weighted by molar-refractivity contribution is 4.93. The minimum Gasteiger partial charge on any atom is -0.379 e. The second-order valence-electron chi connectivity index (χ2n) is 4.47. The number of nitrogens with one attached hydrogen (secondary N) is 1. The molecule has 0 aromatic carbocycles. The number of rotatable bonds is 2. The molecule has 1 atom stereocenters. The fraction of sp³-hybridized carbons (Fsp3) is 1.00. The van der Waals surface area contributed by atoms with Gasteiger partial charge in [0.25, 0.3) is 0 Å². The van der Waals surface area contributed by atoms with Gasteiger partial charge in [0.1, 0.15) is 0 Å². The van der Waals surface area contributed by atoms with E-state index in [1.54, 1.807) is 0 Å². The molecule has 0 radical (unpaired) electrons.